The first-order valence-electron chi connectivity index (χ1n) is 13.6. The number of unbranched alkanes of at least 4 members (excludes halogenated alkanes) is 2. The van der Waals surface area contributed by atoms with Crippen molar-refractivity contribution in [1.29, 1.82) is 0 Å². The van der Waals surface area contributed by atoms with Gasteiger partial charge in [0.15, 0.2) is 0 Å². The number of hydrogen-bond donors (Lipinski definition) is 2. The summed E-state index contributed by atoms with van der Waals surface area (Å²) in [6, 6.07) is 7.47. The number of fused-ring (bicyclic) bond motifs is 1. The van der Waals surface area contributed by atoms with E-state index < -0.39 is 0 Å². The molecule has 2 N–H and O–H groups in total. The van der Waals surface area contributed by atoms with Crippen molar-refractivity contribution in [3.05, 3.63) is 29.3 Å². The van der Waals surface area contributed by atoms with Crippen LogP contribution in [0.1, 0.15) is 51.9 Å². The maximum atomic E-state index is 12.9. The van der Waals surface area contributed by atoms with Crippen LogP contribution in [-0.2, 0) is 9.59 Å². The van der Waals surface area contributed by atoms with E-state index in [9.17, 15) is 14.4 Å². The molecule has 2 saturated heterocycles. The Hall–Kier alpha value is -2.32. The van der Waals surface area contributed by atoms with E-state index in [4.69, 9.17) is 11.6 Å². The van der Waals surface area contributed by atoms with E-state index in [0.717, 1.165) is 63.4 Å². The molecule has 0 bridgehead atoms. The summed E-state index contributed by atoms with van der Waals surface area (Å²) >= 11 is 6.13. The molecule has 3 aliphatic rings. The highest BCUT2D eigenvalue weighted by molar-refractivity contribution is 6.30. The van der Waals surface area contributed by atoms with E-state index in [2.05, 4.69) is 33.4 Å². The van der Waals surface area contributed by atoms with E-state index in [1.54, 1.807) is 0 Å². The van der Waals surface area contributed by atoms with Gasteiger partial charge in [-0.05, 0) is 56.8 Å². The van der Waals surface area contributed by atoms with E-state index in [1.807, 2.05) is 18.2 Å². The summed E-state index contributed by atoms with van der Waals surface area (Å²) in [6.07, 6.45) is 5.70. The highest BCUT2D eigenvalue weighted by Crippen LogP contribution is 2.33. The number of carbonyl (C=O) groups is 3. The van der Waals surface area contributed by atoms with Gasteiger partial charge in [0.05, 0.1) is 5.92 Å². The molecule has 36 heavy (non-hydrogen) atoms. The Balaban J connectivity index is 1.14. The molecule has 2 heterocycles. The lowest BCUT2D eigenvalue weighted by Crippen LogP contribution is -2.62. The van der Waals surface area contributed by atoms with Gasteiger partial charge in [0, 0.05) is 61.9 Å². The molecular weight excluding hydrogens is 478 g/mol. The van der Waals surface area contributed by atoms with Gasteiger partial charge < -0.3 is 15.5 Å². The molecule has 198 valence electrons. The van der Waals surface area contributed by atoms with Gasteiger partial charge in [0.2, 0.25) is 11.8 Å². The molecule has 1 aromatic rings. The molecule has 0 radical (unpaired) electrons. The third-order valence-electron chi connectivity index (χ3n) is 7.84. The van der Waals surface area contributed by atoms with Crippen molar-refractivity contribution in [2.75, 3.05) is 50.7 Å². The molecule has 0 aromatic heterocycles. The Labute approximate surface area is 219 Å². The fourth-order valence-corrected chi connectivity index (χ4v) is 5.88. The minimum absolute atomic E-state index is 0.0475. The number of amides is 4. The molecule has 1 aliphatic carbocycles. The van der Waals surface area contributed by atoms with Gasteiger partial charge in [-0.3, -0.25) is 19.4 Å². The number of imide groups is 1. The standard InChI is InChI=1S/C27H40ClN5O3/c1-2-3-4-13-33-26(35)23-10-9-20(18-24(23)30-27(33)36)25(34)29-11-6-12-31-14-16-32(17-15-31)22-8-5-7-21(28)19-22/h5,7-8,19-20,23-24H,2-4,6,9-18H2,1H3,(H,29,34)(H,30,36). The molecular formula is C27H40ClN5O3. The van der Waals surface area contributed by atoms with Gasteiger partial charge in [-0.25, -0.2) is 4.79 Å². The number of rotatable bonds is 10. The number of nitrogens with zero attached hydrogens (tertiary/aromatic N) is 3. The van der Waals surface area contributed by atoms with Gasteiger partial charge in [-0.15, -0.1) is 0 Å². The minimum atomic E-state index is -0.297. The summed E-state index contributed by atoms with van der Waals surface area (Å²) in [7, 11) is 0. The number of carbonyl (C=O) groups excluding carboxylic acids is 3. The van der Waals surface area contributed by atoms with Gasteiger partial charge >= 0.3 is 6.03 Å². The third kappa shape index (κ3) is 6.71. The normalized spacial score (nSPS) is 24.9. The first kappa shape index (κ1) is 26.7. The van der Waals surface area contributed by atoms with Crippen LogP contribution < -0.4 is 15.5 Å². The molecule has 2 aliphatic heterocycles. The third-order valence-corrected chi connectivity index (χ3v) is 8.07. The van der Waals surface area contributed by atoms with Crippen molar-refractivity contribution >= 4 is 35.1 Å². The van der Waals surface area contributed by atoms with E-state index in [-0.39, 0.29) is 35.7 Å². The summed E-state index contributed by atoms with van der Waals surface area (Å²) in [4.78, 5) is 44.3. The summed E-state index contributed by atoms with van der Waals surface area (Å²) < 4.78 is 0. The summed E-state index contributed by atoms with van der Waals surface area (Å²) in [6.45, 7) is 8.12. The average molecular weight is 518 g/mol. The second kappa shape index (κ2) is 12.8. The molecule has 3 unspecified atom stereocenters. The van der Waals surface area contributed by atoms with Crippen LogP contribution in [-0.4, -0.2) is 79.5 Å². The first-order valence-corrected chi connectivity index (χ1v) is 14.0. The van der Waals surface area contributed by atoms with Gasteiger partial charge in [0.1, 0.15) is 0 Å². The summed E-state index contributed by atoms with van der Waals surface area (Å²) in [5.41, 5.74) is 1.17. The molecule has 1 aromatic carbocycles. The number of urea groups is 1. The smallest absolute Gasteiger partial charge is 0.324 e. The van der Waals surface area contributed by atoms with Crippen LogP contribution >= 0.6 is 11.6 Å². The lowest BCUT2D eigenvalue weighted by molar-refractivity contribution is -0.139. The lowest BCUT2D eigenvalue weighted by Gasteiger charge is -2.42. The fraction of sp³-hybridized carbons (Fsp3) is 0.667. The van der Waals surface area contributed by atoms with Gasteiger partial charge in [-0.2, -0.15) is 0 Å². The molecule has 4 amide bonds. The van der Waals surface area contributed by atoms with Crippen LogP contribution in [0, 0.1) is 11.8 Å². The Kier molecular flexibility index (Phi) is 9.48. The molecule has 9 heteroatoms. The number of hydrogen-bond acceptors (Lipinski definition) is 5. The summed E-state index contributed by atoms with van der Waals surface area (Å²) in [5, 5.41) is 6.87. The van der Waals surface area contributed by atoms with Crippen LogP contribution in [0.4, 0.5) is 10.5 Å². The van der Waals surface area contributed by atoms with E-state index >= 15 is 0 Å². The van der Waals surface area contributed by atoms with Crippen molar-refractivity contribution in [1.82, 2.24) is 20.4 Å². The summed E-state index contributed by atoms with van der Waals surface area (Å²) in [5.74, 6) is -0.355. The molecule has 3 fully saturated rings. The number of nitrogens with one attached hydrogen (secondary N) is 2. The van der Waals surface area contributed by atoms with E-state index in [1.165, 1.54) is 10.6 Å². The predicted molar refractivity (Wildman–Crippen MR) is 142 cm³/mol. The van der Waals surface area contributed by atoms with Gasteiger partial charge in [-0.1, -0.05) is 37.4 Å². The zero-order valence-corrected chi connectivity index (χ0v) is 22.1. The second-order valence-electron chi connectivity index (χ2n) is 10.3. The number of benzene rings is 1. The highest BCUT2D eigenvalue weighted by atomic mass is 35.5. The van der Waals surface area contributed by atoms with Crippen molar-refractivity contribution in [3.8, 4) is 0 Å². The highest BCUT2D eigenvalue weighted by Gasteiger charge is 2.45. The molecule has 0 spiro atoms. The fourth-order valence-electron chi connectivity index (χ4n) is 5.69. The zero-order chi connectivity index (χ0) is 25.5. The first-order chi connectivity index (χ1) is 17.5. The van der Waals surface area contributed by atoms with E-state index in [0.29, 0.717) is 32.4 Å². The zero-order valence-electron chi connectivity index (χ0n) is 21.4. The predicted octanol–water partition coefficient (Wildman–Crippen LogP) is 3.50. The lowest BCUT2D eigenvalue weighted by atomic mass is 9.76. The quantitative estimate of drug-likeness (QED) is 0.464. The monoisotopic (exact) mass is 517 g/mol. The average Bonchev–Trinajstić information content (AvgIpc) is 2.88. The SMILES string of the molecule is CCCCCN1C(=O)NC2CC(C(=O)NCCCN3CCN(c4cccc(Cl)c4)CC3)CCC2C1=O. The topological polar surface area (TPSA) is 85.0 Å². The molecule has 1 saturated carbocycles. The molecule has 3 atom stereocenters. The Morgan fingerprint density at radius 1 is 1.08 bits per heavy atom. The van der Waals surface area contributed by atoms with Gasteiger partial charge in [0.25, 0.3) is 0 Å². The maximum Gasteiger partial charge on any atom is 0.324 e. The number of anilines is 1. The largest absolute Gasteiger partial charge is 0.369 e. The Morgan fingerprint density at radius 3 is 2.64 bits per heavy atom. The van der Waals surface area contributed by atoms with Crippen molar-refractivity contribution in [3.63, 3.8) is 0 Å². The number of piperazine rings is 1. The minimum Gasteiger partial charge on any atom is -0.369 e. The maximum absolute atomic E-state index is 12.9. The molecule has 8 nitrogen and oxygen atoms in total. The molecule has 4 rings (SSSR count). The Bertz CT molecular complexity index is 920. The van der Waals surface area contributed by atoms with Crippen molar-refractivity contribution in [2.24, 2.45) is 11.8 Å². The second-order valence-corrected chi connectivity index (χ2v) is 10.8. The number of halogens is 1. The Morgan fingerprint density at radius 2 is 1.89 bits per heavy atom. The van der Waals surface area contributed by atoms with Crippen LogP contribution in [0.5, 0.6) is 0 Å². The van der Waals surface area contributed by atoms with Crippen LogP contribution in [0.25, 0.3) is 0 Å². The van der Waals surface area contributed by atoms with Crippen molar-refractivity contribution < 1.29 is 14.4 Å². The van der Waals surface area contributed by atoms with Crippen LogP contribution in [0.15, 0.2) is 24.3 Å². The van der Waals surface area contributed by atoms with Crippen LogP contribution in [0.2, 0.25) is 5.02 Å². The van der Waals surface area contributed by atoms with Crippen molar-refractivity contribution in [2.45, 2.75) is 57.9 Å². The van der Waals surface area contributed by atoms with Crippen LogP contribution in [0.3, 0.4) is 0 Å².